The predicted octanol–water partition coefficient (Wildman–Crippen LogP) is 0.898. The summed E-state index contributed by atoms with van der Waals surface area (Å²) in [5, 5.41) is 1.86. The Balaban J connectivity index is 2.16. The van der Waals surface area contributed by atoms with Gasteiger partial charge in [-0.25, -0.2) is 4.99 Å². The first-order valence-corrected chi connectivity index (χ1v) is 7.82. The van der Waals surface area contributed by atoms with E-state index in [1.165, 1.54) is 0 Å². The maximum absolute atomic E-state index is 11.6. The molecule has 0 bridgehead atoms. The third-order valence-corrected chi connectivity index (χ3v) is 4.37. The molecule has 0 fully saturated rings. The first-order chi connectivity index (χ1) is 10.8. The van der Waals surface area contributed by atoms with Crippen molar-refractivity contribution in [1.82, 2.24) is 4.98 Å². The van der Waals surface area contributed by atoms with E-state index in [0.717, 1.165) is 16.1 Å². The highest BCUT2D eigenvalue weighted by atomic mass is 32.2. The molecule has 0 atom stereocenters. The molecule has 2 aliphatic rings. The van der Waals surface area contributed by atoms with E-state index in [9.17, 15) is 8.42 Å². The Morgan fingerprint density at radius 3 is 2.50 bits per heavy atom. The number of para-hydroxylation sites is 1. The highest BCUT2D eigenvalue weighted by molar-refractivity contribution is 7.74. The molecular weight excluding hydrogens is 296 g/mol. The number of allylic oxidation sites excluding steroid dienone is 3. The molecule has 4 nitrogen and oxygen atoms in total. The molecule has 2 aromatic rings. The van der Waals surface area contributed by atoms with Gasteiger partial charge in [0.05, 0.1) is 16.7 Å². The summed E-state index contributed by atoms with van der Waals surface area (Å²) in [6, 6.07) is 13.2. The van der Waals surface area contributed by atoms with Gasteiger partial charge in [0.1, 0.15) is 4.86 Å². The number of aromatic nitrogens is 1. The number of rotatable bonds is 1. The zero-order valence-electron chi connectivity index (χ0n) is 11.4. The van der Waals surface area contributed by atoms with Crippen molar-refractivity contribution in [2.75, 3.05) is 0 Å². The van der Waals surface area contributed by atoms with Crippen molar-refractivity contribution in [3.8, 4) is 0 Å². The molecule has 0 N–H and O–H groups in total. The van der Waals surface area contributed by atoms with Gasteiger partial charge in [-0.3, -0.25) is 4.98 Å². The van der Waals surface area contributed by atoms with Gasteiger partial charge in [0.25, 0.3) is 0 Å². The molecule has 106 valence electrons. The van der Waals surface area contributed by atoms with Crippen LogP contribution < -0.4 is 10.6 Å². The molecule has 4 rings (SSSR count). The fourth-order valence-corrected chi connectivity index (χ4v) is 3.27. The van der Waals surface area contributed by atoms with E-state index in [2.05, 4.69) is 9.98 Å². The van der Waals surface area contributed by atoms with Crippen LogP contribution in [0.3, 0.4) is 0 Å². The van der Waals surface area contributed by atoms with Gasteiger partial charge in [-0.05, 0) is 24.3 Å². The minimum atomic E-state index is -2.35. The minimum absolute atomic E-state index is 0.217. The first-order valence-electron chi connectivity index (χ1n) is 6.74. The van der Waals surface area contributed by atoms with E-state index in [0.29, 0.717) is 17.0 Å². The van der Waals surface area contributed by atoms with Crippen LogP contribution in [0, 0.1) is 0 Å². The number of benzene rings is 1. The summed E-state index contributed by atoms with van der Waals surface area (Å²) in [4.78, 5) is 9.14. The predicted molar refractivity (Wildman–Crippen MR) is 84.9 cm³/mol. The topological polar surface area (TPSA) is 59.4 Å². The van der Waals surface area contributed by atoms with Crippen LogP contribution in [0.5, 0.6) is 0 Å². The number of hydrogen-bond donors (Lipinski definition) is 0. The molecule has 0 spiro atoms. The summed E-state index contributed by atoms with van der Waals surface area (Å²) in [6.07, 6.45) is 5.07. The van der Waals surface area contributed by atoms with Crippen LogP contribution in [0.15, 0.2) is 71.5 Å². The van der Waals surface area contributed by atoms with Crippen molar-refractivity contribution in [3.05, 3.63) is 82.8 Å². The van der Waals surface area contributed by atoms with Gasteiger partial charge in [0.15, 0.2) is 0 Å². The van der Waals surface area contributed by atoms with Crippen molar-refractivity contribution in [3.63, 3.8) is 0 Å². The van der Waals surface area contributed by atoms with E-state index in [1.54, 1.807) is 24.4 Å². The second-order valence-corrected chi connectivity index (χ2v) is 5.82. The SMILES string of the molecule is O=S(=O)=C1C=CC2=c3ccccc3=NC2=C1c1ccccn1. The van der Waals surface area contributed by atoms with E-state index in [-0.39, 0.29) is 4.86 Å². The molecule has 1 aromatic heterocycles. The van der Waals surface area contributed by atoms with E-state index in [1.807, 2.05) is 36.4 Å². The standard InChI is InChI=1S/C17H10N2O2S/c20-22(21)15-9-8-12-11-5-1-2-6-13(11)19-17(12)16(15)14-7-3-4-10-18-14/h1-10H. The zero-order valence-corrected chi connectivity index (χ0v) is 12.2. The summed E-state index contributed by atoms with van der Waals surface area (Å²) < 4.78 is 23.2. The molecule has 1 aliphatic heterocycles. The molecule has 0 unspecified atom stereocenters. The smallest absolute Gasteiger partial charge is 0.222 e. The van der Waals surface area contributed by atoms with Gasteiger partial charge < -0.3 is 0 Å². The van der Waals surface area contributed by atoms with E-state index in [4.69, 9.17) is 0 Å². The fourth-order valence-electron chi connectivity index (χ4n) is 2.72. The highest BCUT2D eigenvalue weighted by Gasteiger charge is 2.24. The van der Waals surface area contributed by atoms with Gasteiger partial charge in [-0.1, -0.05) is 30.3 Å². The van der Waals surface area contributed by atoms with Gasteiger partial charge in [0.2, 0.25) is 10.3 Å². The Morgan fingerprint density at radius 2 is 1.73 bits per heavy atom. The lowest BCUT2D eigenvalue weighted by molar-refractivity contribution is 0.627. The molecule has 0 radical (unpaired) electrons. The summed E-state index contributed by atoms with van der Waals surface area (Å²) in [5.41, 5.74) is 2.77. The minimum Gasteiger partial charge on any atom is -0.256 e. The van der Waals surface area contributed by atoms with Crippen LogP contribution in [-0.2, 0) is 10.3 Å². The first kappa shape index (κ1) is 12.9. The largest absolute Gasteiger partial charge is 0.256 e. The normalized spacial score (nSPS) is 15.5. The van der Waals surface area contributed by atoms with Crippen LogP contribution in [0.1, 0.15) is 5.69 Å². The molecule has 1 aromatic carbocycles. The third-order valence-electron chi connectivity index (χ3n) is 3.67. The molecular formula is C17H10N2O2S. The molecule has 22 heavy (non-hydrogen) atoms. The number of hydrogen-bond acceptors (Lipinski definition) is 4. The molecule has 1 aliphatic carbocycles. The van der Waals surface area contributed by atoms with Crippen molar-refractivity contribution in [2.24, 2.45) is 4.99 Å². The third kappa shape index (κ3) is 1.87. The quantitative estimate of drug-likeness (QED) is 0.736. The molecule has 0 saturated carbocycles. The van der Waals surface area contributed by atoms with Crippen LogP contribution >= 0.6 is 0 Å². The van der Waals surface area contributed by atoms with Crippen LogP contribution in [0.2, 0.25) is 0 Å². The maximum atomic E-state index is 11.6. The van der Waals surface area contributed by atoms with Gasteiger partial charge >= 0.3 is 0 Å². The zero-order chi connectivity index (χ0) is 15.1. The van der Waals surface area contributed by atoms with Crippen LogP contribution in [-0.4, -0.2) is 18.3 Å². The van der Waals surface area contributed by atoms with Crippen molar-refractivity contribution in [1.29, 1.82) is 0 Å². The van der Waals surface area contributed by atoms with Gasteiger partial charge in [-0.15, -0.1) is 0 Å². The molecule has 0 amide bonds. The lowest BCUT2D eigenvalue weighted by Gasteiger charge is -2.13. The highest BCUT2D eigenvalue weighted by Crippen LogP contribution is 2.31. The maximum Gasteiger partial charge on any atom is 0.222 e. The van der Waals surface area contributed by atoms with Crippen molar-refractivity contribution in [2.45, 2.75) is 0 Å². The summed E-state index contributed by atoms with van der Waals surface area (Å²) in [5.74, 6) is 0. The van der Waals surface area contributed by atoms with Crippen molar-refractivity contribution >= 4 is 26.3 Å². The van der Waals surface area contributed by atoms with Crippen LogP contribution in [0.25, 0.3) is 11.1 Å². The Morgan fingerprint density at radius 1 is 0.909 bits per heavy atom. The van der Waals surface area contributed by atoms with E-state index < -0.39 is 10.3 Å². The number of pyridine rings is 1. The van der Waals surface area contributed by atoms with Gasteiger partial charge in [-0.2, -0.15) is 8.42 Å². The average molecular weight is 306 g/mol. The number of nitrogens with zero attached hydrogens (tertiary/aromatic N) is 2. The monoisotopic (exact) mass is 306 g/mol. The van der Waals surface area contributed by atoms with Crippen molar-refractivity contribution < 1.29 is 8.42 Å². The molecule has 0 saturated heterocycles. The lowest BCUT2D eigenvalue weighted by atomic mass is 9.95. The summed E-state index contributed by atoms with van der Waals surface area (Å²) >= 11 is 0. The Hall–Kier alpha value is -2.79. The fraction of sp³-hybridized carbons (Fsp3) is 0. The average Bonchev–Trinajstić information content (AvgIpc) is 2.93. The Bertz CT molecular complexity index is 1100. The summed E-state index contributed by atoms with van der Waals surface area (Å²) in [7, 11) is -2.35. The second-order valence-electron chi connectivity index (χ2n) is 4.91. The summed E-state index contributed by atoms with van der Waals surface area (Å²) in [6.45, 7) is 0. The Kier molecular flexibility index (Phi) is 2.87. The van der Waals surface area contributed by atoms with Gasteiger partial charge in [0, 0.05) is 22.6 Å². The molecule has 5 heteroatoms. The van der Waals surface area contributed by atoms with Crippen LogP contribution in [0.4, 0.5) is 0 Å². The van der Waals surface area contributed by atoms with E-state index >= 15 is 0 Å². The number of fused-ring (bicyclic) bond motifs is 2. The Labute approximate surface area is 128 Å². The second kappa shape index (κ2) is 4.89. The lowest BCUT2D eigenvalue weighted by Crippen LogP contribution is -2.21. The molecule has 2 heterocycles.